The smallest absolute Gasteiger partial charge is 0.256 e. The molecule has 1 heterocycles. The first-order valence-corrected chi connectivity index (χ1v) is 11.3. The zero-order valence-corrected chi connectivity index (χ0v) is 18.3. The fourth-order valence-corrected chi connectivity index (χ4v) is 5.03. The predicted octanol–water partition coefficient (Wildman–Crippen LogP) is 5.05. The SMILES string of the molecule is CCCCCOc1ccc(C(=O)Nc2sc3c(c2C(=O)NC)CCC(C)C3)cc1. The Labute approximate surface area is 176 Å². The van der Waals surface area contributed by atoms with Gasteiger partial charge in [-0.3, -0.25) is 9.59 Å². The summed E-state index contributed by atoms with van der Waals surface area (Å²) in [6.07, 6.45) is 6.26. The Kier molecular flexibility index (Phi) is 7.31. The van der Waals surface area contributed by atoms with Gasteiger partial charge >= 0.3 is 0 Å². The van der Waals surface area contributed by atoms with Crippen molar-refractivity contribution in [1.82, 2.24) is 5.32 Å². The molecule has 156 valence electrons. The van der Waals surface area contributed by atoms with Gasteiger partial charge in [-0.2, -0.15) is 0 Å². The summed E-state index contributed by atoms with van der Waals surface area (Å²) in [7, 11) is 1.63. The van der Waals surface area contributed by atoms with E-state index >= 15 is 0 Å². The highest BCUT2D eigenvalue weighted by Crippen LogP contribution is 2.39. The number of fused-ring (bicyclic) bond motifs is 1. The number of carbonyl (C=O) groups excluding carboxylic acids is 2. The van der Waals surface area contributed by atoms with Crippen LogP contribution in [0.2, 0.25) is 0 Å². The number of amides is 2. The van der Waals surface area contributed by atoms with Crippen molar-refractivity contribution in [2.24, 2.45) is 5.92 Å². The van der Waals surface area contributed by atoms with Crippen LogP contribution in [0.1, 0.15) is 70.7 Å². The topological polar surface area (TPSA) is 67.4 Å². The zero-order valence-electron chi connectivity index (χ0n) is 17.5. The number of thiophene rings is 1. The van der Waals surface area contributed by atoms with Crippen molar-refractivity contribution in [1.29, 1.82) is 0 Å². The molecule has 1 aliphatic rings. The first kappa shape index (κ1) is 21.4. The summed E-state index contributed by atoms with van der Waals surface area (Å²) in [5, 5.41) is 6.34. The van der Waals surface area contributed by atoms with E-state index in [2.05, 4.69) is 24.5 Å². The van der Waals surface area contributed by atoms with E-state index in [4.69, 9.17) is 4.74 Å². The molecule has 0 saturated carbocycles. The van der Waals surface area contributed by atoms with Gasteiger partial charge in [-0.25, -0.2) is 0 Å². The van der Waals surface area contributed by atoms with Crippen LogP contribution in [0, 0.1) is 5.92 Å². The van der Waals surface area contributed by atoms with Crippen molar-refractivity contribution in [2.75, 3.05) is 19.0 Å². The third-order valence-electron chi connectivity index (χ3n) is 5.33. The summed E-state index contributed by atoms with van der Waals surface area (Å²) in [6.45, 7) is 5.08. The molecule has 0 spiro atoms. The minimum Gasteiger partial charge on any atom is -0.494 e. The fourth-order valence-electron chi connectivity index (χ4n) is 3.62. The second-order valence-electron chi connectivity index (χ2n) is 7.67. The second-order valence-corrected chi connectivity index (χ2v) is 8.77. The van der Waals surface area contributed by atoms with E-state index in [1.807, 2.05) is 12.1 Å². The summed E-state index contributed by atoms with van der Waals surface area (Å²) in [5.41, 5.74) is 2.27. The molecule has 29 heavy (non-hydrogen) atoms. The van der Waals surface area contributed by atoms with Crippen LogP contribution >= 0.6 is 11.3 Å². The first-order valence-electron chi connectivity index (χ1n) is 10.4. The van der Waals surface area contributed by atoms with Crippen LogP contribution in [0.5, 0.6) is 5.75 Å². The number of unbranched alkanes of at least 4 members (excludes halogenated alkanes) is 2. The molecule has 2 N–H and O–H groups in total. The lowest BCUT2D eigenvalue weighted by Crippen LogP contribution is -2.22. The van der Waals surface area contributed by atoms with E-state index in [1.165, 1.54) is 16.2 Å². The van der Waals surface area contributed by atoms with E-state index in [1.54, 1.807) is 19.2 Å². The van der Waals surface area contributed by atoms with Crippen LogP contribution < -0.4 is 15.4 Å². The molecular weight excluding hydrogens is 384 g/mol. The van der Waals surface area contributed by atoms with Crippen molar-refractivity contribution in [3.63, 3.8) is 0 Å². The number of rotatable bonds is 8. The van der Waals surface area contributed by atoms with E-state index in [9.17, 15) is 9.59 Å². The third kappa shape index (κ3) is 5.18. The molecule has 2 aromatic rings. The molecule has 2 amide bonds. The molecule has 6 heteroatoms. The molecule has 1 aromatic heterocycles. The lowest BCUT2D eigenvalue weighted by atomic mass is 9.88. The summed E-state index contributed by atoms with van der Waals surface area (Å²) in [5.74, 6) is 1.03. The molecule has 3 rings (SSSR count). The van der Waals surface area contributed by atoms with Gasteiger partial charge in [0.2, 0.25) is 0 Å². The standard InChI is InChI=1S/C23H30N2O3S/c1-4-5-6-13-28-17-10-8-16(9-11-17)21(26)25-23-20(22(27)24-3)18-12-7-15(2)14-19(18)29-23/h8-11,15H,4-7,12-14H2,1-3H3,(H,24,27)(H,25,26). The number of anilines is 1. The molecular formula is C23H30N2O3S. The van der Waals surface area contributed by atoms with Gasteiger partial charge < -0.3 is 15.4 Å². The van der Waals surface area contributed by atoms with Crippen LogP contribution in [-0.4, -0.2) is 25.5 Å². The molecule has 1 aromatic carbocycles. The Hall–Kier alpha value is -2.34. The number of ether oxygens (including phenoxy) is 1. The fraction of sp³-hybridized carbons (Fsp3) is 0.478. The van der Waals surface area contributed by atoms with Crippen molar-refractivity contribution in [2.45, 2.75) is 52.4 Å². The number of hydrogen-bond donors (Lipinski definition) is 2. The normalized spacial score (nSPS) is 15.5. The Bertz CT molecular complexity index is 858. The Morgan fingerprint density at radius 2 is 1.93 bits per heavy atom. The van der Waals surface area contributed by atoms with E-state index < -0.39 is 0 Å². The predicted molar refractivity (Wildman–Crippen MR) is 118 cm³/mol. The molecule has 5 nitrogen and oxygen atoms in total. The highest BCUT2D eigenvalue weighted by atomic mass is 32.1. The van der Waals surface area contributed by atoms with Crippen molar-refractivity contribution < 1.29 is 14.3 Å². The average molecular weight is 415 g/mol. The lowest BCUT2D eigenvalue weighted by molar-refractivity contribution is 0.0963. The van der Waals surface area contributed by atoms with Crippen LogP contribution in [0.25, 0.3) is 0 Å². The van der Waals surface area contributed by atoms with E-state index in [0.29, 0.717) is 28.7 Å². The maximum atomic E-state index is 12.8. The maximum Gasteiger partial charge on any atom is 0.256 e. The zero-order chi connectivity index (χ0) is 20.8. The number of nitrogens with one attached hydrogen (secondary N) is 2. The largest absolute Gasteiger partial charge is 0.494 e. The first-order chi connectivity index (χ1) is 14.0. The minimum absolute atomic E-state index is 0.136. The third-order valence-corrected chi connectivity index (χ3v) is 6.50. The summed E-state index contributed by atoms with van der Waals surface area (Å²) >= 11 is 1.53. The quantitative estimate of drug-likeness (QED) is 0.594. The van der Waals surface area contributed by atoms with E-state index in [-0.39, 0.29) is 11.8 Å². The summed E-state index contributed by atoms with van der Waals surface area (Å²) in [4.78, 5) is 26.5. The molecule has 0 aliphatic heterocycles. The van der Waals surface area contributed by atoms with Crippen LogP contribution in [-0.2, 0) is 12.8 Å². The maximum absolute atomic E-state index is 12.8. The van der Waals surface area contributed by atoms with Gasteiger partial charge in [-0.1, -0.05) is 26.7 Å². The van der Waals surface area contributed by atoms with Crippen molar-refractivity contribution >= 4 is 28.2 Å². The van der Waals surface area contributed by atoms with Gasteiger partial charge in [0.05, 0.1) is 12.2 Å². The van der Waals surface area contributed by atoms with Gasteiger partial charge in [-0.05, 0) is 61.4 Å². The number of hydrogen-bond acceptors (Lipinski definition) is 4. The molecule has 0 fully saturated rings. The molecule has 0 radical (unpaired) electrons. The van der Waals surface area contributed by atoms with E-state index in [0.717, 1.165) is 49.8 Å². The van der Waals surface area contributed by atoms with Crippen LogP contribution in [0.4, 0.5) is 5.00 Å². The Morgan fingerprint density at radius 3 is 2.62 bits per heavy atom. The average Bonchev–Trinajstić information content (AvgIpc) is 3.07. The van der Waals surface area contributed by atoms with Crippen LogP contribution in [0.15, 0.2) is 24.3 Å². The Morgan fingerprint density at radius 1 is 1.17 bits per heavy atom. The van der Waals surface area contributed by atoms with Crippen molar-refractivity contribution in [3.8, 4) is 5.75 Å². The molecule has 1 unspecified atom stereocenters. The molecule has 0 bridgehead atoms. The number of carbonyl (C=O) groups is 2. The minimum atomic E-state index is -0.209. The van der Waals surface area contributed by atoms with Gasteiger partial charge in [0.15, 0.2) is 0 Å². The second kappa shape index (κ2) is 9.92. The highest BCUT2D eigenvalue weighted by molar-refractivity contribution is 7.17. The molecule has 1 atom stereocenters. The van der Waals surface area contributed by atoms with Gasteiger partial charge in [0.1, 0.15) is 10.8 Å². The molecule has 1 aliphatic carbocycles. The Balaban J connectivity index is 1.72. The lowest BCUT2D eigenvalue weighted by Gasteiger charge is -2.18. The summed E-state index contributed by atoms with van der Waals surface area (Å²) < 4.78 is 5.71. The molecule has 0 saturated heterocycles. The van der Waals surface area contributed by atoms with Gasteiger partial charge in [-0.15, -0.1) is 11.3 Å². The van der Waals surface area contributed by atoms with Crippen molar-refractivity contribution in [3.05, 3.63) is 45.8 Å². The van der Waals surface area contributed by atoms with Gasteiger partial charge in [0.25, 0.3) is 11.8 Å². The number of benzene rings is 1. The van der Waals surface area contributed by atoms with Gasteiger partial charge in [0, 0.05) is 17.5 Å². The monoisotopic (exact) mass is 414 g/mol. The summed E-state index contributed by atoms with van der Waals surface area (Å²) in [6, 6.07) is 7.17. The van der Waals surface area contributed by atoms with Crippen LogP contribution in [0.3, 0.4) is 0 Å². The highest BCUT2D eigenvalue weighted by Gasteiger charge is 2.28.